The molecule has 0 radical (unpaired) electrons. The van der Waals surface area contributed by atoms with Crippen LogP contribution in [0.1, 0.15) is 35.3 Å². The summed E-state index contributed by atoms with van der Waals surface area (Å²) in [5, 5.41) is 14.3. The van der Waals surface area contributed by atoms with Crippen molar-refractivity contribution in [3.05, 3.63) is 89.5 Å². The maximum Gasteiger partial charge on any atom is 0.251 e. The van der Waals surface area contributed by atoms with Crippen molar-refractivity contribution in [2.24, 2.45) is 5.92 Å². The smallest absolute Gasteiger partial charge is 0.251 e. The molecule has 0 aromatic heterocycles. The summed E-state index contributed by atoms with van der Waals surface area (Å²) in [6, 6.07) is 19.9. The number of hydrogen-bond donors (Lipinski definition) is 3. The Balaban J connectivity index is 1.90. The molecule has 1 unspecified atom stereocenters. The third-order valence-electron chi connectivity index (χ3n) is 6.23. The Morgan fingerprint density at radius 2 is 1.68 bits per heavy atom. The standard InChI is InChI=1S/C29H37N3O5S/c1-20(2)18-32(38(35,36)25-13-11-24(37-4)12-14-25)19-28(33)27(17-22-8-6-5-7-9-22)31-29(34)26-15-10-23(30)16-21(26)3/h5-16,20,27-28,33H,17-19,30H2,1-4H3,(H,31,34)/t27?,28-/m1/s1. The number of sulfonamides is 1. The summed E-state index contributed by atoms with van der Waals surface area (Å²) in [4.78, 5) is 13.3. The number of aliphatic hydroxyl groups is 1. The third kappa shape index (κ3) is 7.56. The number of carbonyl (C=O) groups is 1. The number of nitrogens with zero attached hydrogens (tertiary/aromatic N) is 1. The minimum absolute atomic E-state index is 0.00909. The first-order chi connectivity index (χ1) is 18.0. The van der Waals surface area contributed by atoms with Gasteiger partial charge in [-0.15, -0.1) is 0 Å². The van der Waals surface area contributed by atoms with Gasteiger partial charge in [0.2, 0.25) is 10.0 Å². The number of methoxy groups -OCH3 is 1. The number of ether oxygens (including phenoxy) is 1. The molecule has 0 saturated heterocycles. The second kappa shape index (κ2) is 12.9. The van der Waals surface area contributed by atoms with E-state index in [2.05, 4.69) is 5.32 Å². The fraction of sp³-hybridized carbons (Fsp3) is 0.345. The number of anilines is 1. The van der Waals surface area contributed by atoms with Gasteiger partial charge in [-0.25, -0.2) is 8.42 Å². The first kappa shape index (κ1) is 29.2. The van der Waals surface area contributed by atoms with Gasteiger partial charge in [-0.3, -0.25) is 4.79 Å². The molecule has 0 fully saturated rings. The highest BCUT2D eigenvalue weighted by atomic mass is 32.2. The third-order valence-corrected chi connectivity index (χ3v) is 8.08. The first-order valence-electron chi connectivity index (χ1n) is 12.5. The molecule has 0 bridgehead atoms. The van der Waals surface area contributed by atoms with Gasteiger partial charge in [0, 0.05) is 24.3 Å². The largest absolute Gasteiger partial charge is 0.497 e. The molecule has 0 saturated carbocycles. The van der Waals surface area contributed by atoms with Crippen LogP contribution in [0, 0.1) is 12.8 Å². The van der Waals surface area contributed by atoms with Crippen LogP contribution >= 0.6 is 0 Å². The second-order valence-electron chi connectivity index (χ2n) is 9.80. The number of nitrogens with one attached hydrogen (secondary N) is 1. The summed E-state index contributed by atoms with van der Waals surface area (Å²) in [7, 11) is -2.41. The number of nitrogens with two attached hydrogens (primary N) is 1. The molecule has 2 atom stereocenters. The maximum atomic E-state index is 13.6. The van der Waals surface area contributed by atoms with Crippen LogP contribution in [0.4, 0.5) is 5.69 Å². The van der Waals surface area contributed by atoms with Crippen molar-refractivity contribution in [3.63, 3.8) is 0 Å². The van der Waals surface area contributed by atoms with Crippen LogP contribution in [-0.4, -0.2) is 56.1 Å². The molecule has 3 aromatic rings. The van der Waals surface area contributed by atoms with E-state index in [1.165, 1.54) is 23.5 Å². The van der Waals surface area contributed by atoms with Crippen LogP contribution in [-0.2, 0) is 16.4 Å². The van der Waals surface area contributed by atoms with Gasteiger partial charge in [-0.05, 0) is 72.9 Å². The monoisotopic (exact) mass is 539 g/mol. The van der Waals surface area contributed by atoms with Crippen LogP contribution in [0.2, 0.25) is 0 Å². The first-order valence-corrected chi connectivity index (χ1v) is 14.0. The highest BCUT2D eigenvalue weighted by Crippen LogP contribution is 2.22. The van der Waals surface area contributed by atoms with Crippen LogP contribution in [0.15, 0.2) is 77.7 Å². The van der Waals surface area contributed by atoms with Gasteiger partial charge >= 0.3 is 0 Å². The lowest BCUT2D eigenvalue weighted by Gasteiger charge is -2.31. The molecule has 3 aromatic carbocycles. The zero-order valence-corrected chi connectivity index (χ0v) is 23.1. The SMILES string of the molecule is COc1ccc(S(=O)(=O)N(CC(C)C)C[C@@H](O)C(Cc2ccccc2)NC(=O)c2ccc(N)cc2C)cc1. The van der Waals surface area contributed by atoms with E-state index in [4.69, 9.17) is 10.5 Å². The fourth-order valence-corrected chi connectivity index (χ4v) is 5.87. The van der Waals surface area contributed by atoms with E-state index in [0.717, 1.165) is 5.56 Å². The summed E-state index contributed by atoms with van der Waals surface area (Å²) in [6.07, 6.45) is -0.861. The van der Waals surface area contributed by atoms with Gasteiger partial charge in [0.25, 0.3) is 5.91 Å². The molecule has 0 spiro atoms. The van der Waals surface area contributed by atoms with Crippen molar-refractivity contribution in [1.29, 1.82) is 0 Å². The van der Waals surface area contributed by atoms with Gasteiger partial charge in [0.05, 0.1) is 24.2 Å². The minimum Gasteiger partial charge on any atom is -0.497 e. The lowest BCUT2D eigenvalue weighted by molar-refractivity contribution is 0.0775. The molecule has 0 aliphatic carbocycles. The maximum absolute atomic E-state index is 13.6. The molecular weight excluding hydrogens is 502 g/mol. The van der Waals surface area contributed by atoms with Crippen molar-refractivity contribution in [1.82, 2.24) is 9.62 Å². The van der Waals surface area contributed by atoms with Crippen molar-refractivity contribution < 1.29 is 23.1 Å². The van der Waals surface area contributed by atoms with Gasteiger partial charge in [-0.2, -0.15) is 4.31 Å². The Labute approximate surface area is 225 Å². The number of hydrogen-bond acceptors (Lipinski definition) is 6. The van der Waals surface area contributed by atoms with Crippen LogP contribution in [0.3, 0.4) is 0 Å². The highest BCUT2D eigenvalue weighted by Gasteiger charge is 2.31. The summed E-state index contributed by atoms with van der Waals surface area (Å²) in [6.45, 7) is 5.63. The topological polar surface area (TPSA) is 122 Å². The van der Waals surface area contributed by atoms with Crippen molar-refractivity contribution in [2.75, 3.05) is 25.9 Å². The number of aryl methyl sites for hydroxylation is 1. The van der Waals surface area contributed by atoms with Gasteiger partial charge in [0.15, 0.2) is 0 Å². The molecule has 204 valence electrons. The predicted molar refractivity (Wildman–Crippen MR) is 150 cm³/mol. The Kier molecular flexibility index (Phi) is 9.90. The molecule has 3 rings (SSSR count). The minimum atomic E-state index is -3.92. The average Bonchev–Trinajstić information content (AvgIpc) is 2.88. The van der Waals surface area contributed by atoms with Gasteiger partial charge in [-0.1, -0.05) is 44.2 Å². The van der Waals surface area contributed by atoms with E-state index in [9.17, 15) is 18.3 Å². The molecule has 4 N–H and O–H groups in total. The highest BCUT2D eigenvalue weighted by molar-refractivity contribution is 7.89. The van der Waals surface area contributed by atoms with E-state index in [1.54, 1.807) is 37.3 Å². The van der Waals surface area contributed by atoms with Gasteiger partial charge < -0.3 is 20.9 Å². The zero-order valence-electron chi connectivity index (χ0n) is 22.3. The zero-order chi connectivity index (χ0) is 27.9. The molecule has 0 heterocycles. The number of benzene rings is 3. The second-order valence-corrected chi connectivity index (χ2v) is 11.7. The Bertz CT molecular complexity index is 1310. The molecule has 0 aliphatic heterocycles. The molecular formula is C29H37N3O5S. The lowest BCUT2D eigenvalue weighted by atomic mass is 9.99. The lowest BCUT2D eigenvalue weighted by Crippen LogP contribution is -2.51. The van der Waals surface area contributed by atoms with Crippen LogP contribution in [0.25, 0.3) is 0 Å². The van der Waals surface area contributed by atoms with Crippen molar-refractivity contribution in [2.45, 2.75) is 44.2 Å². The number of nitrogen functional groups attached to an aromatic ring is 1. The van der Waals surface area contributed by atoms with Crippen molar-refractivity contribution >= 4 is 21.6 Å². The molecule has 8 nitrogen and oxygen atoms in total. The molecule has 0 aliphatic rings. The molecule has 1 amide bonds. The fourth-order valence-electron chi connectivity index (χ4n) is 4.25. The summed E-state index contributed by atoms with van der Waals surface area (Å²) < 4.78 is 33.6. The normalized spacial score (nSPS) is 13.3. The Hall–Kier alpha value is -3.40. The van der Waals surface area contributed by atoms with E-state index in [1.807, 2.05) is 44.2 Å². The van der Waals surface area contributed by atoms with Crippen molar-refractivity contribution in [3.8, 4) is 5.75 Å². The molecule has 9 heteroatoms. The number of rotatable bonds is 12. The summed E-state index contributed by atoms with van der Waals surface area (Å²) in [5.74, 6) is 0.189. The Morgan fingerprint density at radius 1 is 1.03 bits per heavy atom. The summed E-state index contributed by atoms with van der Waals surface area (Å²) >= 11 is 0. The van der Waals surface area contributed by atoms with E-state index in [0.29, 0.717) is 29.0 Å². The predicted octanol–water partition coefficient (Wildman–Crippen LogP) is 3.63. The average molecular weight is 540 g/mol. The summed E-state index contributed by atoms with van der Waals surface area (Å²) in [5.41, 5.74) is 8.44. The molecule has 38 heavy (non-hydrogen) atoms. The van der Waals surface area contributed by atoms with Crippen LogP contribution in [0.5, 0.6) is 5.75 Å². The number of aliphatic hydroxyl groups excluding tert-OH is 1. The quantitative estimate of drug-likeness (QED) is 0.302. The van der Waals surface area contributed by atoms with Crippen LogP contribution < -0.4 is 15.8 Å². The number of carbonyl (C=O) groups excluding carboxylic acids is 1. The Morgan fingerprint density at radius 3 is 2.26 bits per heavy atom. The van der Waals surface area contributed by atoms with E-state index < -0.39 is 22.2 Å². The number of amides is 1. The van der Waals surface area contributed by atoms with E-state index >= 15 is 0 Å². The van der Waals surface area contributed by atoms with E-state index in [-0.39, 0.29) is 29.8 Å². The van der Waals surface area contributed by atoms with Gasteiger partial charge in [0.1, 0.15) is 5.75 Å².